The van der Waals surface area contributed by atoms with Crippen LogP contribution in [0.1, 0.15) is 20.8 Å². The number of rotatable bonds is 2. The average molecular weight is 242 g/mol. The van der Waals surface area contributed by atoms with Crippen molar-refractivity contribution < 1.29 is 17.4 Å². The molecule has 0 aliphatic carbocycles. The average Bonchev–Trinajstić information content (AvgIpc) is 2.17. The van der Waals surface area contributed by atoms with Crippen LogP contribution in [0.5, 0.6) is 0 Å². The highest BCUT2D eigenvalue weighted by Crippen LogP contribution is 2.20. The Morgan fingerprint density at radius 3 is 2.06 bits per heavy atom. The van der Waals surface area contributed by atoms with Crippen LogP contribution < -0.4 is 0 Å². The van der Waals surface area contributed by atoms with Gasteiger partial charge in [-0.3, -0.25) is 4.79 Å². The molecule has 0 bridgehead atoms. The minimum Gasteiger partial charge on any atom is -0.342 e. The molecule has 0 saturated heterocycles. The Kier molecular flexibility index (Phi) is 3.38. The van der Waals surface area contributed by atoms with Gasteiger partial charge in [-0.05, 0) is 32.9 Å². The van der Waals surface area contributed by atoms with Crippen LogP contribution in [0.15, 0.2) is 35.2 Å². The monoisotopic (exact) mass is 242 g/mol. The van der Waals surface area contributed by atoms with Gasteiger partial charge in [-0.15, -0.1) is 0 Å². The highest BCUT2D eigenvalue weighted by atomic mass is 32.2. The zero-order valence-electron chi connectivity index (χ0n) is 9.43. The van der Waals surface area contributed by atoms with E-state index >= 15 is 0 Å². The second kappa shape index (κ2) is 4.25. The van der Waals surface area contributed by atoms with Gasteiger partial charge in [0.05, 0.1) is 5.41 Å². The van der Waals surface area contributed by atoms with Crippen LogP contribution in [0.25, 0.3) is 0 Å². The third-order valence-electron chi connectivity index (χ3n) is 1.83. The van der Waals surface area contributed by atoms with Gasteiger partial charge in [-0.1, -0.05) is 18.2 Å². The smallest absolute Gasteiger partial charge is 0.341 e. The molecule has 0 aliphatic heterocycles. The first kappa shape index (κ1) is 12.7. The Bertz CT molecular complexity index is 468. The fourth-order valence-electron chi connectivity index (χ4n) is 0.860. The molecule has 88 valence electrons. The van der Waals surface area contributed by atoms with Gasteiger partial charge in [0.25, 0.3) is 0 Å². The molecule has 1 aromatic carbocycles. The molecule has 0 saturated carbocycles. The lowest BCUT2D eigenvalue weighted by Crippen LogP contribution is -2.26. The van der Waals surface area contributed by atoms with E-state index in [-0.39, 0.29) is 4.90 Å². The normalized spacial score (nSPS) is 12.2. The molecule has 4 nitrogen and oxygen atoms in total. The Balaban J connectivity index is 2.95. The van der Waals surface area contributed by atoms with Gasteiger partial charge in [0.15, 0.2) is 0 Å². The first-order valence-corrected chi connectivity index (χ1v) is 6.18. The summed E-state index contributed by atoms with van der Waals surface area (Å²) in [6, 6.07) is 7.58. The van der Waals surface area contributed by atoms with Crippen LogP contribution in [0.2, 0.25) is 0 Å². The molecular weight excluding hydrogens is 228 g/mol. The molecule has 0 heterocycles. The highest BCUT2D eigenvalue weighted by Gasteiger charge is 2.29. The van der Waals surface area contributed by atoms with Crippen molar-refractivity contribution in [2.75, 3.05) is 0 Å². The van der Waals surface area contributed by atoms with Crippen molar-refractivity contribution >= 4 is 16.1 Å². The molecule has 0 amide bonds. The maximum atomic E-state index is 11.6. The maximum absolute atomic E-state index is 11.6. The van der Waals surface area contributed by atoms with Crippen LogP contribution in [-0.4, -0.2) is 14.4 Å². The summed E-state index contributed by atoms with van der Waals surface area (Å²) in [6.45, 7) is 4.78. The standard InChI is InChI=1S/C11H14O4S/c1-11(2,3)10(12)15-16(13,14)9-7-5-4-6-8-9/h4-8H,1-3H3. The van der Waals surface area contributed by atoms with E-state index < -0.39 is 21.5 Å². The van der Waals surface area contributed by atoms with Crippen LogP contribution in [0.4, 0.5) is 0 Å². The van der Waals surface area contributed by atoms with Crippen molar-refractivity contribution in [2.24, 2.45) is 5.41 Å². The predicted octanol–water partition coefficient (Wildman–Crippen LogP) is 1.96. The first-order valence-electron chi connectivity index (χ1n) is 4.77. The SMILES string of the molecule is CC(C)(C)C(=O)OS(=O)(=O)c1ccccc1. The summed E-state index contributed by atoms with van der Waals surface area (Å²) in [5.41, 5.74) is -0.845. The minimum absolute atomic E-state index is 0.0207. The van der Waals surface area contributed by atoms with E-state index in [0.717, 1.165) is 0 Å². The van der Waals surface area contributed by atoms with Crippen molar-refractivity contribution in [3.63, 3.8) is 0 Å². The fraction of sp³-hybridized carbons (Fsp3) is 0.364. The molecule has 0 N–H and O–H groups in total. The summed E-state index contributed by atoms with van der Waals surface area (Å²) < 4.78 is 27.8. The zero-order chi connectivity index (χ0) is 12.4. The van der Waals surface area contributed by atoms with E-state index in [9.17, 15) is 13.2 Å². The second-order valence-corrected chi connectivity index (χ2v) is 5.93. The molecule has 0 atom stereocenters. The Hall–Kier alpha value is -1.36. The van der Waals surface area contributed by atoms with E-state index in [1.54, 1.807) is 39.0 Å². The molecule has 0 unspecified atom stereocenters. The summed E-state index contributed by atoms with van der Waals surface area (Å²) >= 11 is 0. The lowest BCUT2D eigenvalue weighted by molar-refractivity contribution is -0.142. The molecule has 0 aromatic heterocycles. The number of carbonyl (C=O) groups is 1. The Morgan fingerprint density at radius 1 is 1.12 bits per heavy atom. The fourth-order valence-corrected chi connectivity index (χ4v) is 1.90. The van der Waals surface area contributed by atoms with E-state index in [4.69, 9.17) is 0 Å². The number of hydrogen-bond donors (Lipinski definition) is 0. The van der Waals surface area contributed by atoms with E-state index in [2.05, 4.69) is 4.18 Å². The number of hydrogen-bond acceptors (Lipinski definition) is 4. The Labute approximate surface area is 95.4 Å². The molecule has 0 spiro atoms. The van der Waals surface area contributed by atoms with Crippen molar-refractivity contribution in [3.8, 4) is 0 Å². The molecule has 5 heteroatoms. The summed E-state index contributed by atoms with van der Waals surface area (Å²) in [6.07, 6.45) is 0. The third kappa shape index (κ3) is 3.06. The van der Waals surface area contributed by atoms with E-state index in [0.29, 0.717) is 0 Å². The number of carbonyl (C=O) groups excluding carboxylic acids is 1. The number of benzene rings is 1. The molecule has 1 rings (SSSR count). The van der Waals surface area contributed by atoms with Gasteiger partial charge in [0.2, 0.25) is 0 Å². The molecular formula is C11H14O4S. The van der Waals surface area contributed by atoms with E-state index in [1.165, 1.54) is 12.1 Å². The van der Waals surface area contributed by atoms with Gasteiger partial charge in [-0.25, -0.2) is 0 Å². The topological polar surface area (TPSA) is 60.4 Å². The maximum Gasteiger partial charge on any atom is 0.341 e. The molecule has 1 aromatic rings. The predicted molar refractivity (Wildman–Crippen MR) is 59.2 cm³/mol. The molecule has 16 heavy (non-hydrogen) atoms. The molecule has 0 aliphatic rings. The highest BCUT2D eigenvalue weighted by molar-refractivity contribution is 7.87. The zero-order valence-corrected chi connectivity index (χ0v) is 10.2. The van der Waals surface area contributed by atoms with E-state index in [1.807, 2.05) is 0 Å². The summed E-state index contributed by atoms with van der Waals surface area (Å²) in [5.74, 6) is -0.767. The summed E-state index contributed by atoms with van der Waals surface area (Å²) in [7, 11) is -3.99. The second-order valence-electron chi connectivity index (χ2n) is 4.39. The molecule has 0 radical (unpaired) electrons. The van der Waals surface area contributed by atoms with Crippen LogP contribution in [-0.2, 0) is 19.1 Å². The van der Waals surface area contributed by atoms with Crippen molar-refractivity contribution in [1.82, 2.24) is 0 Å². The van der Waals surface area contributed by atoms with Gasteiger partial charge in [0, 0.05) is 0 Å². The van der Waals surface area contributed by atoms with Gasteiger partial charge in [-0.2, -0.15) is 8.42 Å². The van der Waals surface area contributed by atoms with Gasteiger partial charge < -0.3 is 4.18 Å². The van der Waals surface area contributed by atoms with Crippen LogP contribution in [0.3, 0.4) is 0 Å². The minimum atomic E-state index is -3.99. The van der Waals surface area contributed by atoms with Crippen molar-refractivity contribution in [2.45, 2.75) is 25.7 Å². The summed E-state index contributed by atoms with van der Waals surface area (Å²) in [4.78, 5) is 11.4. The lowest BCUT2D eigenvalue weighted by Gasteiger charge is -2.15. The first-order chi connectivity index (χ1) is 7.23. The Morgan fingerprint density at radius 2 is 1.62 bits per heavy atom. The quantitative estimate of drug-likeness (QED) is 0.744. The van der Waals surface area contributed by atoms with Crippen molar-refractivity contribution in [1.29, 1.82) is 0 Å². The van der Waals surface area contributed by atoms with Crippen LogP contribution in [0, 0.1) is 5.41 Å². The third-order valence-corrected chi connectivity index (χ3v) is 3.05. The van der Waals surface area contributed by atoms with Gasteiger partial charge in [0.1, 0.15) is 4.90 Å². The lowest BCUT2D eigenvalue weighted by atomic mass is 9.98. The van der Waals surface area contributed by atoms with Crippen molar-refractivity contribution in [3.05, 3.63) is 30.3 Å². The molecule has 0 fully saturated rings. The van der Waals surface area contributed by atoms with Crippen LogP contribution >= 0.6 is 0 Å². The summed E-state index contributed by atoms with van der Waals surface area (Å²) in [5, 5.41) is 0. The largest absolute Gasteiger partial charge is 0.342 e. The van der Waals surface area contributed by atoms with Gasteiger partial charge >= 0.3 is 16.1 Å².